The zero-order valence-electron chi connectivity index (χ0n) is 20.0. The van der Waals surface area contributed by atoms with Gasteiger partial charge in [-0.2, -0.15) is 0 Å². The fourth-order valence-electron chi connectivity index (χ4n) is 5.33. The van der Waals surface area contributed by atoms with Gasteiger partial charge in [-0.1, -0.05) is 26.8 Å². The Morgan fingerprint density at radius 3 is 2.58 bits per heavy atom. The second-order valence-corrected chi connectivity index (χ2v) is 10.2. The predicted octanol–water partition coefficient (Wildman–Crippen LogP) is 6.53. The first-order valence-corrected chi connectivity index (χ1v) is 12.5. The lowest BCUT2D eigenvalue weighted by Crippen LogP contribution is -2.36. The predicted molar refractivity (Wildman–Crippen MR) is 131 cm³/mol. The van der Waals surface area contributed by atoms with E-state index in [9.17, 15) is 9.18 Å². The summed E-state index contributed by atoms with van der Waals surface area (Å²) in [5.41, 5.74) is 6.14. The quantitative estimate of drug-likeness (QED) is 0.448. The van der Waals surface area contributed by atoms with Gasteiger partial charge in [0.25, 0.3) is 0 Å². The molecule has 1 aliphatic carbocycles. The highest BCUT2D eigenvalue weighted by atomic mass is 19.1. The van der Waals surface area contributed by atoms with Crippen molar-refractivity contribution in [2.75, 3.05) is 19.6 Å². The van der Waals surface area contributed by atoms with Crippen LogP contribution in [-0.2, 0) is 4.79 Å². The first kappa shape index (κ1) is 22.3. The van der Waals surface area contributed by atoms with Gasteiger partial charge in [0, 0.05) is 34.5 Å². The van der Waals surface area contributed by atoms with Crippen molar-refractivity contribution in [1.29, 1.82) is 0 Å². The Morgan fingerprint density at radius 2 is 1.91 bits per heavy atom. The number of hydrogen-bond donors (Lipinski definition) is 1. The molecule has 2 aromatic heterocycles. The Labute approximate surface area is 195 Å². The van der Waals surface area contributed by atoms with Crippen molar-refractivity contribution >= 4 is 16.7 Å². The lowest BCUT2D eigenvalue weighted by molar-refractivity contribution is -0.120. The molecule has 0 spiro atoms. The average Bonchev–Trinajstić information content (AvgIpc) is 3.59. The van der Waals surface area contributed by atoms with Gasteiger partial charge in [0.05, 0.1) is 18.4 Å². The molecule has 4 nitrogen and oxygen atoms in total. The normalized spacial score (nSPS) is 17.8. The van der Waals surface area contributed by atoms with Crippen LogP contribution >= 0.6 is 0 Å². The van der Waals surface area contributed by atoms with Crippen molar-refractivity contribution in [3.63, 3.8) is 0 Å². The SMILES string of the molecule is CCC(=O)CN1CCC(c2ccc3[nH]c(-c4cc(C5CC5)ncc4F)c(C(C)C)c3c2)CC1. The number of halogens is 1. The molecule has 2 aliphatic rings. The van der Waals surface area contributed by atoms with Crippen molar-refractivity contribution < 1.29 is 9.18 Å². The first-order valence-electron chi connectivity index (χ1n) is 12.5. The smallest absolute Gasteiger partial charge is 0.150 e. The van der Waals surface area contributed by atoms with Gasteiger partial charge < -0.3 is 4.98 Å². The van der Waals surface area contributed by atoms with Gasteiger partial charge >= 0.3 is 0 Å². The van der Waals surface area contributed by atoms with E-state index in [1.807, 2.05) is 13.0 Å². The van der Waals surface area contributed by atoms with Crippen molar-refractivity contribution in [3.05, 3.63) is 53.1 Å². The number of carbonyl (C=O) groups is 1. The number of nitrogens with zero attached hydrogens (tertiary/aromatic N) is 2. The monoisotopic (exact) mass is 447 g/mol. The molecule has 2 fully saturated rings. The number of benzene rings is 1. The van der Waals surface area contributed by atoms with Crippen molar-refractivity contribution in [2.24, 2.45) is 0 Å². The van der Waals surface area contributed by atoms with E-state index in [0.29, 0.717) is 36.1 Å². The molecule has 3 heterocycles. The zero-order chi connectivity index (χ0) is 23.1. The summed E-state index contributed by atoms with van der Waals surface area (Å²) >= 11 is 0. The second kappa shape index (κ2) is 9.02. The molecule has 1 aliphatic heterocycles. The molecule has 174 valence electrons. The molecule has 1 aromatic carbocycles. The zero-order valence-corrected chi connectivity index (χ0v) is 20.0. The fraction of sp³-hybridized carbons (Fsp3) is 0.500. The Balaban J connectivity index is 1.46. The molecular formula is C28H34FN3O. The summed E-state index contributed by atoms with van der Waals surface area (Å²) < 4.78 is 14.9. The largest absolute Gasteiger partial charge is 0.354 e. The van der Waals surface area contributed by atoms with Crippen LogP contribution in [0.5, 0.6) is 0 Å². The van der Waals surface area contributed by atoms with Crippen molar-refractivity contribution in [1.82, 2.24) is 14.9 Å². The molecule has 1 saturated heterocycles. The molecule has 0 radical (unpaired) electrons. The molecule has 0 bridgehead atoms. The number of likely N-dealkylation sites (tertiary alicyclic amines) is 1. The molecule has 0 atom stereocenters. The first-order chi connectivity index (χ1) is 15.9. The van der Waals surface area contributed by atoms with E-state index in [0.717, 1.165) is 55.7 Å². The maximum Gasteiger partial charge on any atom is 0.150 e. The van der Waals surface area contributed by atoms with Crippen LogP contribution < -0.4 is 0 Å². The molecule has 0 unspecified atom stereocenters. The molecule has 5 rings (SSSR count). The number of hydrogen-bond acceptors (Lipinski definition) is 3. The number of nitrogens with one attached hydrogen (secondary N) is 1. The Bertz CT molecular complexity index is 1170. The van der Waals surface area contributed by atoms with E-state index in [1.54, 1.807) is 0 Å². The minimum atomic E-state index is -0.262. The lowest BCUT2D eigenvalue weighted by Gasteiger charge is -2.31. The average molecular weight is 448 g/mol. The summed E-state index contributed by atoms with van der Waals surface area (Å²) in [5.74, 6) is 1.32. The summed E-state index contributed by atoms with van der Waals surface area (Å²) in [5, 5.41) is 1.20. The molecule has 3 aromatic rings. The summed E-state index contributed by atoms with van der Waals surface area (Å²) in [6.07, 6.45) is 6.44. The van der Waals surface area contributed by atoms with E-state index in [2.05, 4.69) is 46.9 Å². The summed E-state index contributed by atoms with van der Waals surface area (Å²) in [6.45, 7) is 8.82. The fourth-order valence-corrected chi connectivity index (χ4v) is 5.33. The number of carbonyl (C=O) groups excluding carboxylic acids is 1. The van der Waals surface area contributed by atoms with E-state index >= 15 is 0 Å². The van der Waals surface area contributed by atoms with Crippen LogP contribution in [0.4, 0.5) is 4.39 Å². The highest BCUT2D eigenvalue weighted by Gasteiger charge is 2.28. The standard InChI is InChI=1S/C28H34FN3O/c1-4-21(33)16-32-11-9-18(10-12-32)20-7-8-25-23(13-20)27(17(2)3)28(31-25)22-14-26(19-5-6-19)30-15-24(22)29/h7-8,13-15,17-19,31H,4-6,9-12,16H2,1-3H3. The van der Waals surface area contributed by atoms with E-state index < -0.39 is 0 Å². The summed E-state index contributed by atoms with van der Waals surface area (Å²) in [7, 11) is 0. The summed E-state index contributed by atoms with van der Waals surface area (Å²) in [6, 6.07) is 8.66. The van der Waals surface area contributed by atoms with Gasteiger partial charge in [-0.05, 0) is 79.9 Å². The maximum atomic E-state index is 14.9. The van der Waals surface area contributed by atoms with Crippen molar-refractivity contribution in [3.8, 4) is 11.3 Å². The number of Topliss-reactive ketones (excluding diaryl/α,β-unsaturated/α-hetero) is 1. The van der Waals surface area contributed by atoms with Gasteiger partial charge in [0.15, 0.2) is 5.82 Å². The maximum absolute atomic E-state index is 14.9. The van der Waals surface area contributed by atoms with Gasteiger partial charge in [0.2, 0.25) is 0 Å². The van der Waals surface area contributed by atoms with Crippen LogP contribution in [0.3, 0.4) is 0 Å². The molecule has 1 saturated carbocycles. The lowest BCUT2D eigenvalue weighted by atomic mass is 9.87. The second-order valence-electron chi connectivity index (χ2n) is 10.2. The number of rotatable bonds is 7. The van der Waals surface area contributed by atoms with Crippen LogP contribution in [0.15, 0.2) is 30.5 Å². The summed E-state index contributed by atoms with van der Waals surface area (Å²) in [4.78, 5) is 22.0. The molecule has 0 amide bonds. The Kier molecular flexibility index (Phi) is 6.09. The topological polar surface area (TPSA) is 49.0 Å². The third-order valence-corrected chi connectivity index (χ3v) is 7.43. The van der Waals surface area contributed by atoms with Gasteiger partial charge in [-0.15, -0.1) is 0 Å². The van der Waals surface area contributed by atoms with E-state index in [4.69, 9.17) is 0 Å². The molecule has 5 heteroatoms. The number of aromatic nitrogens is 2. The van der Waals surface area contributed by atoms with Crippen LogP contribution in [-0.4, -0.2) is 40.3 Å². The Morgan fingerprint density at radius 1 is 1.15 bits per heavy atom. The number of aromatic amines is 1. The number of H-pyrrole nitrogens is 1. The third kappa shape index (κ3) is 4.48. The van der Waals surface area contributed by atoms with Crippen LogP contribution in [0.1, 0.15) is 87.4 Å². The third-order valence-electron chi connectivity index (χ3n) is 7.43. The molecule has 1 N–H and O–H groups in total. The van der Waals surface area contributed by atoms with Crippen molar-refractivity contribution in [2.45, 2.75) is 70.6 Å². The van der Waals surface area contributed by atoms with Crippen LogP contribution in [0, 0.1) is 5.82 Å². The number of pyridine rings is 1. The van der Waals surface area contributed by atoms with Gasteiger partial charge in [-0.3, -0.25) is 14.7 Å². The highest BCUT2D eigenvalue weighted by molar-refractivity contribution is 5.92. The minimum Gasteiger partial charge on any atom is -0.354 e. The van der Waals surface area contributed by atoms with Gasteiger partial charge in [0.1, 0.15) is 5.78 Å². The minimum absolute atomic E-state index is 0.262. The molecule has 33 heavy (non-hydrogen) atoms. The van der Waals surface area contributed by atoms with Crippen LogP contribution in [0.25, 0.3) is 22.2 Å². The number of fused-ring (bicyclic) bond motifs is 1. The molecular weight excluding hydrogens is 413 g/mol. The van der Waals surface area contributed by atoms with Crippen LogP contribution in [0.2, 0.25) is 0 Å². The van der Waals surface area contributed by atoms with E-state index in [-0.39, 0.29) is 11.7 Å². The van der Waals surface area contributed by atoms with Gasteiger partial charge in [-0.25, -0.2) is 4.39 Å². The number of ketones is 1. The van der Waals surface area contributed by atoms with E-state index in [1.165, 1.54) is 22.7 Å². The highest BCUT2D eigenvalue weighted by Crippen LogP contribution is 2.43. The Hall–Kier alpha value is -2.53. The number of piperidine rings is 1.